The van der Waals surface area contributed by atoms with Crippen LogP contribution >= 0.6 is 23.2 Å². The van der Waals surface area contributed by atoms with Gasteiger partial charge in [-0.05, 0) is 60.1 Å². The van der Waals surface area contributed by atoms with Crippen molar-refractivity contribution in [1.29, 1.82) is 0 Å². The number of hydroxylamine groups is 2. The van der Waals surface area contributed by atoms with E-state index < -0.39 is 5.82 Å². The minimum atomic E-state index is -0.619. The molecule has 8 heteroatoms. The monoisotopic (exact) mass is 475 g/mol. The largest absolute Gasteiger partial charge is 0.390 e. The maximum atomic E-state index is 14.0. The zero-order chi connectivity index (χ0) is 23.0. The van der Waals surface area contributed by atoms with Crippen LogP contribution in [0, 0.1) is 18.6 Å². The lowest BCUT2D eigenvalue weighted by Crippen LogP contribution is -2.19. The molecule has 0 saturated carbocycles. The van der Waals surface area contributed by atoms with Crippen molar-refractivity contribution in [3.05, 3.63) is 99.3 Å². The van der Waals surface area contributed by atoms with Crippen LogP contribution in [0.4, 0.5) is 8.78 Å². The Hall–Kier alpha value is -2.51. The topological polar surface area (TPSA) is 48.2 Å². The van der Waals surface area contributed by atoms with Crippen LogP contribution in [-0.4, -0.2) is 28.3 Å². The van der Waals surface area contributed by atoms with E-state index in [-0.39, 0.29) is 27.8 Å². The number of benzene rings is 2. The van der Waals surface area contributed by atoms with Gasteiger partial charge in [0, 0.05) is 24.6 Å². The van der Waals surface area contributed by atoms with E-state index in [1.165, 1.54) is 29.3 Å². The van der Waals surface area contributed by atoms with Crippen LogP contribution in [-0.2, 0) is 0 Å². The molecule has 1 aliphatic heterocycles. The summed E-state index contributed by atoms with van der Waals surface area (Å²) in [5.74, 6) is -1.29. The maximum Gasteiger partial charge on any atom is 0.143 e. The van der Waals surface area contributed by atoms with Crippen LogP contribution in [0.1, 0.15) is 34.3 Å². The van der Waals surface area contributed by atoms with Gasteiger partial charge in [0.1, 0.15) is 11.6 Å². The summed E-state index contributed by atoms with van der Waals surface area (Å²) in [5.41, 5.74) is 4.06. The molecule has 1 saturated heterocycles. The zero-order valence-corrected chi connectivity index (χ0v) is 18.8. The van der Waals surface area contributed by atoms with Gasteiger partial charge in [-0.3, -0.25) is 4.98 Å². The smallest absolute Gasteiger partial charge is 0.143 e. The first kappa shape index (κ1) is 22.7. The third-order valence-electron chi connectivity index (χ3n) is 5.64. The minimum Gasteiger partial charge on any atom is -0.390 e. The summed E-state index contributed by atoms with van der Waals surface area (Å²) in [6.07, 6.45) is 1.56. The first-order valence-electron chi connectivity index (χ1n) is 10.0. The average molecular weight is 476 g/mol. The van der Waals surface area contributed by atoms with Gasteiger partial charge in [0.05, 0.1) is 27.5 Å². The lowest BCUT2D eigenvalue weighted by Gasteiger charge is -2.21. The molecule has 1 aromatic heterocycles. The molecular formula is C24H21Cl2F2N3O. The van der Waals surface area contributed by atoms with E-state index in [1.54, 1.807) is 12.3 Å². The molecule has 0 spiro atoms. The molecule has 3 atom stereocenters. The highest BCUT2D eigenvalue weighted by Gasteiger charge is 2.37. The van der Waals surface area contributed by atoms with Gasteiger partial charge in [0.25, 0.3) is 0 Å². The van der Waals surface area contributed by atoms with Gasteiger partial charge >= 0.3 is 0 Å². The summed E-state index contributed by atoms with van der Waals surface area (Å²) in [6, 6.07) is 10.8. The predicted molar refractivity (Wildman–Crippen MR) is 122 cm³/mol. The molecule has 2 N–H and O–H groups in total. The number of nitrogens with one attached hydrogen (secondary N) is 1. The highest BCUT2D eigenvalue weighted by molar-refractivity contribution is 6.43. The highest BCUT2D eigenvalue weighted by Crippen LogP contribution is 2.42. The van der Waals surface area contributed by atoms with E-state index >= 15 is 0 Å². The van der Waals surface area contributed by atoms with Crippen molar-refractivity contribution in [3.63, 3.8) is 0 Å². The summed E-state index contributed by atoms with van der Waals surface area (Å²) >= 11 is 12.4. The van der Waals surface area contributed by atoms with Crippen molar-refractivity contribution in [2.24, 2.45) is 0 Å². The van der Waals surface area contributed by atoms with Crippen molar-refractivity contribution in [2.45, 2.75) is 18.9 Å². The molecule has 2 aromatic carbocycles. The summed E-state index contributed by atoms with van der Waals surface area (Å²) in [7, 11) is 0. The molecule has 0 aliphatic carbocycles. The number of aromatic nitrogens is 1. The summed E-state index contributed by atoms with van der Waals surface area (Å²) in [4.78, 5) is 4.87. The Morgan fingerprint density at radius 2 is 2.00 bits per heavy atom. The van der Waals surface area contributed by atoms with Crippen LogP contribution in [0.25, 0.3) is 11.3 Å². The standard InChI is InChI=1S/C24H21Cl2F2N3O/c1-3-29-11-18(14-5-4-6-15(27)9-14)20-10-17(21-12-31(21)32)13(2)24(30-20)16-7-8-19(28)23(26)22(16)25/h3-10,18,21,29,32H,1,11-12H2,2H3. The van der Waals surface area contributed by atoms with Crippen LogP contribution in [0.2, 0.25) is 10.0 Å². The molecule has 2 heterocycles. The third kappa shape index (κ3) is 4.36. The SMILES string of the molecule is C=CNCC(c1cccc(F)c1)c1cc(C2CN2O)c(C)c(-c2ccc(F)c(Cl)c2Cl)n1. The summed E-state index contributed by atoms with van der Waals surface area (Å²) in [6.45, 7) is 6.48. The quantitative estimate of drug-likeness (QED) is 0.313. The number of hydrogen-bond donors (Lipinski definition) is 2. The lowest BCUT2D eigenvalue weighted by molar-refractivity contribution is 0.0182. The van der Waals surface area contributed by atoms with Crippen LogP contribution < -0.4 is 5.32 Å². The van der Waals surface area contributed by atoms with Gasteiger partial charge in [-0.25, -0.2) is 8.78 Å². The van der Waals surface area contributed by atoms with Crippen LogP contribution in [0.15, 0.2) is 55.2 Å². The molecule has 3 unspecified atom stereocenters. The van der Waals surface area contributed by atoms with Crippen molar-refractivity contribution in [1.82, 2.24) is 15.4 Å². The fourth-order valence-corrected chi connectivity index (χ4v) is 4.26. The zero-order valence-electron chi connectivity index (χ0n) is 17.2. The molecule has 1 aliphatic rings. The fourth-order valence-electron chi connectivity index (χ4n) is 3.85. The van der Waals surface area contributed by atoms with Crippen molar-refractivity contribution in [2.75, 3.05) is 13.1 Å². The number of hydrogen-bond acceptors (Lipinski definition) is 4. The molecule has 32 heavy (non-hydrogen) atoms. The van der Waals surface area contributed by atoms with Gasteiger partial charge in [-0.2, -0.15) is 5.06 Å². The van der Waals surface area contributed by atoms with Gasteiger partial charge in [-0.15, -0.1) is 0 Å². The van der Waals surface area contributed by atoms with E-state index in [4.69, 9.17) is 28.2 Å². The Balaban J connectivity index is 1.92. The summed E-state index contributed by atoms with van der Waals surface area (Å²) in [5, 5.41) is 14.2. The highest BCUT2D eigenvalue weighted by atomic mass is 35.5. The average Bonchev–Trinajstić information content (AvgIpc) is 3.50. The van der Waals surface area contributed by atoms with E-state index in [0.29, 0.717) is 30.0 Å². The second-order valence-electron chi connectivity index (χ2n) is 7.69. The Morgan fingerprint density at radius 3 is 2.66 bits per heavy atom. The molecule has 4 rings (SSSR count). The van der Waals surface area contributed by atoms with Crippen molar-refractivity contribution in [3.8, 4) is 11.3 Å². The second-order valence-corrected chi connectivity index (χ2v) is 8.45. The first-order valence-corrected chi connectivity index (χ1v) is 10.8. The Morgan fingerprint density at radius 1 is 1.25 bits per heavy atom. The minimum absolute atomic E-state index is 0.0635. The molecule has 166 valence electrons. The van der Waals surface area contributed by atoms with Gasteiger partial charge in [0.2, 0.25) is 0 Å². The second kappa shape index (κ2) is 9.16. The lowest BCUT2D eigenvalue weighted by atomic mass is 9.91. The summed E-state index contributed by atoms with van der Waals surface area (Å²) < 4.78 is 27.9. The fraction of sp³-hybridized carbons (Fsp3) is 0.208. The predicted octanol–water partition coefficient (Wildman–Crippen LogP) is 6.25. The normalized spacial score (nSPS) is 18.3. The number of pyridine rings is 1. The Kier molecular flexibility index (Phi) is 6.49. The Labute approximate surface area is 195 Å². The van der Waals surface area contributed by atoms with Crippen LogP contribution in [0.5, 0.6) is 0 Å². The van der Waals surface area contributed by atoms with Crippen molar-refractivity contribution >= 4 is 23.2 Å². The van der Waals surface area contributed by atoms with Crippen molar-refractivity contribution < 1.29 is 14.0 Å². The number of halogens is 4. The van der Waals surface area contributed by atoms with Crippen LogP contribution in [0.3, 0.4) is 0 Å². The number of rotatable bonds is 7. The van der Waals surface area contributed by atoms with Gasteiger partial charge in [-0.1, -0.05) is 41.9 Å². The Bertz CT molecular complexity index is 1190. The first-order chi connectivity index (χ1) is 15.3. The maximum absolute atomic E-state index is 14.0. The molecule has 0 bridgehead atoms. The van der Waals surface area contributed by atoms with Gasteiger partial charge < -0.3 is 10.5 Å². The van der Waals surface area contributed by atoms with E-state index in [2.05, 4.69) is 11.9 Å². The van der Waals surface area contributed by atoms with E-state index in [9.17, 15) is 14.0 Å². The number of nitrogens with zero attached hydrogens (tertiary/aromatic N) is 2. The molecule has 0 amide bonds. The molecule has 3 aromatic rings. The molecule has 4 nitrogen and oxygen atoms in total. The van der Waals surface area contributed by atoms with Gasteiger partial charge in [0.15, 0.2) is 0 Å². The molecular weight excluding hydrogens is 455 g/mol. The van der Waals surface area contributed by atoms with E-state index in [0.717, 1.165) is 16.7 Å². The molecule has 1 fully saturated rings. The third-order valence-corrected chi connectivity index (χ3v) is 6.50. The molecule has 0 radical (unpaired) electrons. The van der Waals surface area contributed by atoms with E-state index in [1.807, 2.05) is 19.1 Å².